The van der Waals surface area contributed by atoms with E-state index in [2.05, 4.69) is 9.71 Å². The monoisotopic (exact) mass is 526 g/mol. The summed E-state index contributed by atoms with van der Waals surface area (Å²) in [4.78, 5) is 31.2. The first kappa shape index (κ1) is 25.6. The average Bonchev–Trinajstić information content (AvgIpc) is 3.11. The Morgan fingerprint density at radius 2 is 1.97 bits per heavy atom. The van der Waals surface area contributed by atoms with E-state index in [4.69, 9.17) is 4.74 Å². The molecule has 5 rings (SSSR count). The molecule has 2 saturated carbocycles. The number of fused-ring (bicyclic) bond motifs is 2. The molecule has 0 bridgehead atoms. The average molecular weight is 527 g/mol. The number of cyclic esters (lactones) is 1. The molecular weight excluding hydrogens is 495 g/mol. The van der Waals surface area contributed by atoms with Crippen molar-refractivity contribution in [2.45, 2.75) is 45.1 Å². The summed E-state index contributed by atoms with van der Waals surface area (Å²) in [5.74, 6) is -1.99. The van der Waals surface area contributed by atoms with Crippen molar-refractivity contribution in [1.82, 2.24) is 9.71 Å². The van der Waals surface area contributed by atoms with Gasteiger partial charge in [0.15, 0.2) is 5.41 Å². The fourth-order valence-electron chi connectivity index (χ4n) is 6.83. The van der Waals surface area contributed by atoms with E-state index in [1.54, 1.807) is 19.2 Å². The van der Waals surface area contributed by atoms with Gasteiger partial charge in [-0.1, -0.05) is 43.5 Å². The van der Waals surface area contributed by atoms with Crippen LogP contribution in [-0.2, 0) is 24.3 Å². The van der Waals surface area contributed by atoms with Crippen LogP contribution in [0, 0.1) is 34.9 Å². The Balaban J connectivity index is 1.49. The molecule has 1 aliphatic heterocycles. The first-order chi connectivity index (χ1) is 17.6. The van der Waals surface area contributed by atoms with Crippen molar-refractivity contribution in [2.75, 3.05) is 6.26 Å². The van der Waals surface area contributed by atoms with Crippen LogP contribution in [0.1, 0.15) is 44.7 Å². The van der Waals surface area contributed by atoms with Crippen LogP contribution in [0.5, 0.6) is 0 Å². The Morgan fingerprint density at radius 1 is 1.19 bits per heavy atom. The topological polar surface area (TPSA) is 102 Å². The third-order valence-electron chi connectivity index (χ3n) is 8.31. The molecule has 196 valence electrons. The summed E-state index contributed by atoms with van der Waals surface area (Å²) in [5, 5.41) is 0. The summed E-state index contributed by atoms with van der Waals surface area (Å²) in [6, 6.07) is 10.0. The minimum atomic E-state index is -3.85. The van der Waals surface area contributed by atoms with Crippen molar-refractivity contribution in [3.05, 3.63) is 60.2 Å². The lowest BCUT2D eigenvalue weighted by molar-refractivity contribution is -0.157. The fourth-order valence-corrected chi connectivity index (χ4v) is 7.35. The largest absolute Gasteiger partial charge is 0.461 e. The molecule has 0 radical (unpaired) electrons. The second kappa shape index (κ2) is 9.67. The van der Waals surface area contributed by atoms with Crippen LogP contribution < -0.4 is 4.72 Å². The molecule has 1 unspecified atom stereocenters. The number of hydrogen-bond acceptors (Lipinski definition) is 6. The van der Waals surface area contributed by atoms with Crippen LogP contribution in [0.2, 0.25) is 0 Å². The number of halogens is 1. The maximum absolute atomic E-state index is 13.6. The normalized spacial score (nSPS) is 31.4. The fraction of sp³-hybridized carbons (Fsp3) is 0.464. The molecule has 1 amide bonds. The van der Waals surface area contributed by atoms with Crippen molar-refractivity contribution in [3.63, 3.8) is 0 Å². The summed E-state index contributed by atoms with van der Waals surface area (Å²) in [5.41, 5.74) is 0.686. The van der Waals surface area contributed by atoms with Gasteiger partial charge in [-0.15, -0.1) is 0 Å². The minimum Gasteiger partial charge on any atom is -0.461 e. The summed E-state index contributed by atoms with van der Waals surface area (Å²) in [7, 11) is -3.85. The van der Waals surface area contributed by atoms with Gasteiger partial charge in [-0.3, -0.25) is 19.3 Å². The number of nitrogens with zero attached hydrogens (tertiary/aromatic N) is 1. The summed E-state index contributed by atoms with van der Waals surface area (Å²) >= 11 is 0. The SMILES string of the molecule is C[C@H]1OC(=O)[C@]2(C(=O)NS(C)(=O)=O)C[C@@H]3CCCC[C@H]3C(/C=C/c3ccc(-c4cccc(F)c4)cn3)[C@H]12. The van der Waals surface area contributed by atoms with E-state index in [1.807, 2.05) is 30.4 Å². The first-order valence-corrected chi connectivity index (χ1v) is 14.6. The van der Waals surface area contributed by atoms with Crippen molar-refractivity contribution in [3.8, 4) is 11.1 Å². The second-order valence-electron chi connectivity index (χ2n) is 10.6. The third kappa shape index (κ3) is 4.81. The number of nitrogens with one attached hydrogen (secondary N) is 1. The zero-order valence-corrected chi connectivity index (χ0v) is 21.7. The number of rotatable bonds is 5. The number of esters is 1. The van der Waals surface area contributed by atoms with Crippen molar-refractivity contribution in [1.29, 1.82) is 0 Å². The smallest absolute Gasteiger partial charge is 0.322 e. The molecule has 3 aliphatic rings. The highest BCUT2D eigenvalue weighted by molar-refractivity contribution is 7.89. The standard InChI is InChI=1S/C28H31FN2O5S/c1-17-25-24(13-12-22-11-10-20(16-30-22)18-7-5-8-21(29)14-18)23-9-4-3-6-19(23)15-28(25,27(33)36-17)26(32)31-37(2,34)35/h5,7-8,10-14,16-17,19,23-25H,3-4,6,9,15H2,1-2H3,(H,31,32)/b13-12+/t17-,19+,23-,24?,25+,28-/m1/s1. The zero-order valence-electron chi connectivity index (χ0n) is 20.9. The summed E-state index contributed by atoms with van der Waals surface area (Å²) in [6.07, 6.45) is 10.3. The summed E-state index contributed by atoms with van der Waals surface area (Å²) in [6.45, 7) is 1.79. The Bertz CT molecular complexity index is 1340. The van der Waals surface area contributed by atoms with Crippen molar-refractivity contribution < 1.29 is 27.1 Å². The van der Waals surface area contributed by atoms with Gasteiger partial charge in [0.25, 0.3) is 5.91 Å². The molecule has 0 spiro atoms. The summed E-state index contributed by atoms with van der Waals surface area (Å²) < 4.78 is 45.2. The van der Waals surface area contributed by atoms with Gasteiger partial charge >= 0.3 is 5.97 Å². The molecule has 3 fully saturated rings. The van der Waals surface area contributed by atoms with Gasteiger partial charge in [-0.2, -0.15) is 0 Å². The number of carbonyl (C=O) groups excluding carboxylic acids is 2. The van der Waals surface area contributed by atoms with E-state index >= 15 is 0 Å². The molecular formula is C28H31FN2O5S. The van der Waals surface area contributed by atoms with Crippen LogP contribution in [0.15, 0.2) is 48.7 Å². The van der Waals surface area contributed by atoms with E-state index in [0.29, 0.717) is 12.1 Å². The number of sulfonamides is 1. The number of benzene rings is 1. The number of hydrogen-bond donors (Lipinski definition) is 1. The Labute approximate surface area is 216 Å². The lowest BCUT2D eigenvalue weighted by atomic mass is 9.51. The van der Waals surface area contributed by atoms with E-state index < -0.39 is 39.3 Å². The molecule has 1 aromatic carbocycles. The molecule has 7 nitrogen and oxygen atoms in total. The quantitative estimate of drug-likeness (QED) is 0.459. The van der Waals surface area contributed by atoms with E-state index in [9.17, 15) is 22.4 Å². The number of aromatic nitrogens is 1. The number of ether oxygens (including phenoxy) is 1. The second-order valence-corrected chi connectivity index (χ2v) is 12.4. The number of allylic oxidation sites excluding steroid dienone is 1. The van der Waals surface area contributed by atoms with Gasteiger partial charge in [0.05, 0.1) is 11.9 Å². The number of carbonyl (C=O) groups is 2. The van der Waals surface area contributed by atoms with E-state index in [1.165, 1.54) is 12.1 Å². The van der Waals surface area contributed by atoms with Crippen LogP contribution >= 0.6 is 0 Å². The van der Waals surface area contributed by atoms with Crippen LogP contribution in [0.4, 0.5) is 4.39 Å². The highest BCUT2D eigenvalue weighted by Crippen LogP contribution is 2.59. The number of amides is 1. The highest BCUT2D eigenvalue weighted by atomic mass is 32.2. The van der Waals surface area contributed by atoms with Crippen LogP contribution in [-0.4, -0.2) is 37.6 Å². The Morgan fingerprint density at radius 3 is 2.68 bits per heavy atom. The minimum absolute atomic E-state index is 0.117. The number of pyridine rings is 1. The molecule has 2 aromatic rings. The molecule has 2 aliphatic carbocycles. The van der Waals surface area contributed by atoms with Crippen molar-refractivity contribution in [2.24, 2.45) is 29.1 Å². The molecule has 1 saturated heterocycles. The molecule has 2 heterocycles. The van der Waals surface area contributed by atoms with Gasteiger partial charge in [0.1, 0.15) is 11.9 Å². The highest BCUT2D eigenvalue weighted by Gasteiger charge is 2.67. The zero-order chi connectivity index (χ0) is 26.4. The Hall–Kier alpha value is -3.07. The molecule has 37 heavy (non-hydrogen) atoms. The predicted molar refractivity (Wildman–Crippen MR) is 137 cm³/mol. The lowest BCUT2D eigenvalue weighted by Gasteiger charge is -2.50. The van der Waals surface area contributed by atoms with Gasteiger partial charge in [-0.05, 0) is 67.4 Å². The molecule has 9 heteroatoms. The van der Waals surface area contributed by atoms with Gasteiger partial charge in [-0.25, -0.2) is 12.8 Å². The van der Waals surface area contributed by atoms with E-state index in [0.717, 1.165) is 43.1 Å². The van der Waals surface area contributed by atoms with E-state index in [-0.39, 0.29) is 23.6 Å². The Kier molecular flexibility index (Phi) is 6.68. The van der Waals surface area contributed by atoms with Gasteiger partial charge in [0, 0.05) is 17.7 Å². The first-order valence-electron chi connectivity index (χ1n) is 12.7. The van der Waals surface area contributed by atoms with Crippen molar-refractivity contribution >= 4 is 28.0 Å². The third-order valence-corrected chi connectivity index (χ3v) is 8.87. The van der Waals surface area contributed by atoms with Crippen LogP contribution in [0.3, 0.4) is 0 Å². The van der Waals surface area contributed by atoms with Crippen LogP contribution in [0.25, 0.3) is 17.2 Å². The van der Waals surface area contributed by atoms with Gasteiger partial charge in [0.2, 0.25) is 10.0 Å². The maximum atomic E-state index is 13.6. The van der Waals surface area contributed by atoms with Gasteiger partial charge < -0.3 is 4.74 Å². The molecule has 6 atom stereocenters. The lowest BCUT2D eigenvalue weighted by Crippen LogP contribution is -2.57. The predicted octanol–water partition coefficient (Wildman–Crippen LogP) is 4.35. The molecule has 1 N–H and O–H groups in total. The molecule has 1 aromatic heterocycles. The maximum Gasteiger partial charge on any atom is 0.322 e.